The zero-order valence-electron chi connectivity index (χ0n) is 7.46. The van der Waals surface area contributed by atoms with Crippen molar-refractivity contribution in [3.63, 3.8) is 0 Å². The van der Waals surface area contributed by atoms with Crippen LogP contribution in [-0.4, -0.2) is 14.5 Å². The summed E-state index contributed by atoms with van der Waals surface area (Å²) in [6.07, 6.45) is 6.91. The van der Waals surface area contributed by atoms with Crippen LogP contribution in [0.1, 0.15) is 11.4 Å². The standard InChI is InChI=1S/C10H8N4/c11-6-10-13-4-5-14(10)8-9-2-1-3-12-7-9/h1-5,7H,8H2. The summed E-state index contributed by atoms with van der Waals surface area (Å²) < 4.78 is 1.79. The molecule has 0 spiro atoms. The van der Waals surface area contributed by atoms with Crippen molar-refractivity contribution < 1.29 is 0 Å². The zero-order valence-corrected chi connectivity index (χ0v) is 7.46. The molecule has 14 heavy (non-hydrogen) atoms. The molecule has 2 heterocycles. The number of pyridine rings is 1. The lowest BCUT2D eigenvalue weighted by molar-refractivity contribution is 0.778. The maximum Gasteiger partial charge on any atom is 0.213 e. The van der Waals surface area contributed by atoms with Crippen molar-refractivity contribution in [2.75, 3.05) is 0 Å². The lowest BCUT2D eigenvalue weighted by Crippen LogP contribution is -2.01. The average Bonchev–Trinajstić information content (AvgIpc) is 2.67. The van der Waals surface area contributed by atoms with Crippen LogP contribution in [0, 0.1) is 11.3 Å². The van der Waals surface area contributed by atoms with Gasteiger partial charge >= 0.3 is 0 Å². The van der Waals surface area contributed by atoms with E-state index < -0.39 is 0 Å². The predicted molar refractivity (Wildman–Crippen MR) is 50.3 cm³/mol. The van der Waals surface area contributed by atoms with Crippen molar-refractivity contribution in [2.45, 2.75) is 6.54 Å². The van der Waals surface area contributed by atoms with Gasteiger partial charge in [-0.15, -0.1) is 0 Å². The summed E-state index contributed by atoms with van der Waals surface area (Å²) in [5.74, 6) is 0.425. The molecular weight excluding hydrogens is 176 g/mol. The Bertz CT molecular complexity index is 452. The number of nitriles is 1. The van der Waals surface area contributed by atoms with Crippen LogP contribution in [0.25, 0.3) is 0 Å². The lowest BCUT2D eigenvalue weighted by Gasteiger charge is -2.02. The minimum atomic E-state index is 0.425. The molecule has 0 N–H and O–H groups in total. The van der Waals surface area contributed by atoms with Gasteiger partial charge in [-0.25, -0.2) is 4.98 Å². The van der Waals surface area contributed by atoms with Crippen LogP contribution in [0.15, 0.2) is 36.9 Å². The van der Waals surface area contributed by atoms with Gasteiger partial charge in [0, 0.05) is 24.8 Å². The van der Waals surface area contributed by atoms with E-state index in [-0.39, 0.29) is 0 Å². The normalized spacial score (nSPS) is 9.64. The molecule has 68 valence electrons. The molecule has 0 unspecified atom stereocenters. The Morgan fingerprint density at radius 3 is 3.07 bits per heavy atom. The van der Waals surface area contributed by atoms with E-state index in [1.54, 1.807) is 29.4 Å². The van der Waals surface area contributed by atoms with Gasteiger partial charge in [0.2, 0.25) is 5.82 Å². The summed E-state index contributed by atoms with van der Waals surface area (Å²) >= 11 is 0. The van der Waals surface area contributed by atoms with Gasteiger partial charge in [-0.1, -0.05) is 6.07 Å². The summed E-state index contributed by atoms with van der Waals surface area (Å²) in [6, 6.07) is 5.87. The van der Waals surface area contributed by atoms with Crippen LogP contribution in [0.5, 0.6) is 0 Å². The molecule has 2 aromatic rings. The largest absolute Gasteiger partial charge is 0.318 e. The molecule has 2 aromatic heterocycles. The van der Waals surface area contributed by atoms with Gasteiger partial charge in [0.05, 0.1) is 6.54 Å². The Balaban J connectivity index is 2.24. The van der Waals surface area contributed by atoms with Crippen LogP contribution >= 0.6 is 0 Å². The molecule has 0 aromatic carbocycles. The topological polar surface area (TPSA) is 54.5 Å². The van der Waals surface area contributed by atoms with Crippen molar-refractivity contribution in [3.8, 4) is 6.07 Å². The number of hydrogen-bond acceptors (Lipinski definition) is 3. The van der Waals surface area contributed by atoms with Crippen LogP contribution in [0.2, 0.25) is 0 Å². The highest BCUT2D eigenvalue weighted by Gasteiger charge is 2.01. The molecule has 0 bridgehead atoms. The third-order valence-corrected chi connectivity index (χ3v) is 1.89. The second kappa shape index (κ2) is 3.71. The molecule has 0 saturated carbocycles. The summed E-state index contributed by atoms with van der Waals surface area (Å²) in [5.41, 5.74) is 1.06. The maximum atomic E-state index is 8.74. The number of rotatable bonds is 2. The van der Waals surface area contributed by atoms with E-state index in [4.69, 9.17) is 5.26 Å². The molecule has 2 rings (SSSR count). The first-order chi connectivity index (χ1) is 6.90. The van der Waals surface area contributed by atoms with Gasteiger partial charge in [0.15, 0.2) is 0 Å². The highest BCUT2D eigenvalue weighted by molar-refractivity contribution is 5.15. The van der Waals surface area contributed by atoms with Gasteiger partial charge in [0.1, 0.15) is 6.07 Å². The minimum absolute atomic E-state index is 0.425. The number of aromatic nitrogens is 3. The summed E-state index contributed by atoms with van der Waals surface area (Å²) in [6.45, 7) is 0.636. The minimum Gasteiger partial charge on any atom is -0.318 e. The van der Waals surface area contributed by atoms with Crippen LogP contribution in [-0.2, 0) is 6.54 Å². The summed E-state index contributed by atoms with van der Waals surface area (Å²) in [4.78, 5) is 7.92. The van der Waals surface area contributed by atoms with Crippen molar-refractivity contribution in [3.05, 3.63) is 48.3 Å². The molecule has 4 heteroatoms. The van der Waals surface area contributed by atoms with Gasteiger partial charge in [-0.3, -0.25) is 4.98 Å². The van der Waals surface area contributed by atoms with E-state index in [0.717, 1.165) is 5.56 Å². The number of nitrogens with zero attached hydrogens (tertiary/aromatic N) is 4. The Morgan fingerprint density at radius 2 is 2.36 bits per heavy atom. The van der Waals surface area contributed by atoms with Crippen molar-refractivity contribution in [2.24, 2.45) is 0 Å². The van der Waals surface area contributed by atoms with Crippen LogP contribution < -0.4 is 0 Å². The highest BCUT2D eigenvalue weighted by Crippen LogP contribution is 2.02. The van der Waals surface area contributed by atoms with Gasteiger partial charge in [0.25, 0.3) is 0 Å². The molecule has 0 aliphatic rings. The molecule has 4 nitrogen and oxygen atoms in total. The Hall–Kier alpha value is -2.15. The van der Waals surface area contributed by atoms with E-state index in [0.29, 0.717) is 12.4 Å². The first-order valence-electron chi connectivity index (χ1n) is 4.20. The maximum absolute atomic E-state index is 8.74. The van der Waals surface area contributed by atoms with E-state index >= 15 is 0 Å². The molecule has 0 saturated heterocycles. The second-order valence-electron chi connectivity index (χ2n) is 2.85. The monoisotopic (exact) mass is 184 g/mol. The fourth-order valence-corrected chi connectivity index (χ4v) is 1.24. The third-order valence-electron chi connectivity index (χ3n) is 1.89. The second-order valence-corrected chi connectivity index (χ2v) is 2.85. The van der Waals surface area contributed by atoms with Crippen LogP contribution in [0.3, 0.4) is 0 Å². The Kier molecular flexibility index (Phi) is 2.24. The first-order valence-corrected chi connectivity index (χ1v) is 4.20. The molecule has 0 radical (unpaired) electrons. The van der Waals surface area contributed by atoms with E-state index in [2.05, 4.69) is 9.97 Å². The number of hydrogen-bond donors (Lipinski definition) is 0. The predicted octanol–water partition coefficient (Wildman–Crippen LogP) is 1.20. The van der Waals surface area contributed by atoms with Gasteiger partial charge < -0.3 is 4.57 Å². The van der Waals surface area contributed by atoms with Gasteiger partial charge in [-0.05, 0) is 11.6 Å². The third kappa shape index (κ3) is 1.62. The fourth-order valence-electron chi connectivity index (χ4n) is 1.24. The fraction of sp³-hybridized carbons (Fsp3) is 0.100. The molecule has 0 fully saturated rings. The van der Waals surface area contributed by atoms with Crippen molar-refractivity contribution in [1.29, 1.82) is 5.26 Å². The average molecular weight is 184 g/mol. The molecular formula is C10H8N4. The first kappa shape index (κ1) is 8.45. The quantitative estimate of drug-likeness (QED) is 0.704. The smallest absolute Gasteiger partial charge is 0.213 e. The molecule has 0 aliphatic carbocycles. The van der Waals surface area contributed by atoms with E-state index in [9.17, 15) is 0 Å². The van der Waals surface area contributed by atoms with Gasteiger partial charge in [-0.2, -0.15) is 5.26 Å². The molecule has 0 aliphatic heterocycles. The van der Waals surface area contributed by atoms with E-state index in [1.165, 1.54) is 0 Å². The Labute approximate surface area is 81.5 Å². The summed E-state index contributed by atoms with van der Waals surface area (Å²) in [7, 11) is 0. The van der Waals surface area contributed by atoms with Crippen molar-refractivity contribution >= 4 is 0 Å². The summed E-state index contributed by atoms with van der Waals surface area (Å²) in [5, 5.41) is 8.74. The van der Waals surface area contributed by atoms with Crippen molar-refractivity contribution in [1.82, 2.24) is 14.5 Å². The number of imidazole rings is 1. The zero-order chi connectivity index (χ0) is 9.80. The molecule has 0 amide bonds. The lowest BCUT2D eigenvalue weighted by atomic mass is 10.3. The Morgan fingerprint density at radius 1 is 1.43 bits per heavy atom. The van der Waals surface area contributed by atoms with E-state index in [1.807, 2.05) is 18.2 Å². The molecule has 0 atom stereocenters. The highest BCUT2D eigenvalue weighted by atomic mass is 15.1. The SMILES string of the molecule is N#Cc1nccn1Cc1cccnc1. The van der Waals surface area contributed by atoms with Crippen LogP contribution in [0.4, 0.5) is 0 Å².